The highest BCUT2D eigenvalue weighted by molar-refractivity contribution is 7.16. The molecule has 1 aromatic heterocycles. The molecule has 0 radical (unpaired) electrons. The van der Waals surface area contributed by atoms with E-state index in [9.17, 15) is 4.79 Å². The molecule has 1 spiro atoms. The summed E-state index contributed by atoms with van der Waals surface area (Å²) < 4.78 is 12.3. The van der Waals surface area contributed by atoms with Crippen LogP contribution in [0.3, 0.4) is 0 Å². The van der Waals surface area contributed by atoms with E-state index in [1.807, 2.05) is 24.0 Å². The van der Waals surface area contributed by atoms with E-state index in [2.05, 4.69) is 0 Å². The van der Waals surface area contributed by atoms with Crippen molar-refractivity contribution in [2.24, 2.45) is 0 Å². The van der Waals surface area contributed by atoms with Crippen LogP contribution in [0.15, 0.2) is 12.1 Å². The monoisotopic (exact) mass is 315 g/mol. The number of carbonyl (C=O) groups excluding carboxylic acids is 1. The SMILES string of the molecule is C[C@@H]1OCC[C@]12CN(C(=O)Cc1ccc(Cl)s1)CCO2. The Morgan fingerprint density at radius 1 is 1.55 bits per heavy atom. The first-order chi connectivity index (χ1) is 9.59. The fourth-order valence-corrected chi connectivity index (χ4v) is 3.97. The summed E-state index contributed by atoms with van der Waals surface area (Å²) in [4.78, 5) is 15.3. The normalized spacial score (nSPS) is 30.1. The van der Waals surface area contributed by atoms with Crippen LogP contribution in [-0.4, -0.2) is 48.8 Å². The van der Waals surface area contributed by atoms with Gasteiger partial charge in [-0.1, -0.05) is 11.6 Å². The van der Waals surface area contributed by atoms with E-state index in [0.717, 1.165) is 15.6 Å². The van der Waals surface area contributed by atoms with Gasteiger partial charge in [0.05, 0.1) is 30.0 Å². The lowest BCUT2D eigenvalue weighted by Gasteiger charge is -2.42. The zero-order chi connectivity index (χ0) is 14.2. The average Bonchev–Trinajstić information content (AvgIpc) is 2.98. The van der Waals surface area contributed by atoms with Gasteiger partial charge < -0.3 is 14.4 Å². The Kier molecular flexibility index (Phi) is 4.04. The summed E-state index contributed by atoms with van der Waals surface area (Å²) in [6.07, 6.45) is 1.33. The minimum absolute atomic E-state index is 0.0503. The molecular formula is C14H18ClNO3S. The van der Waals surface area contributed by atoms with Gasteiger partial charge in [-0.25, -0.2) is 0 Å². The lowest BCUT2D eigenvalue weighted by molar-refractivity contribution is -0.158. The third kappa shape index (κ3) is 2.72. The third-order valence-corrected chi connectivity index (χ3v) is 5.38. The van der Waals surface area contributed by atoms with Gasteiger partial charge >= 0.3 is 0 Å². The van der Waals surface area contributed by atoms with Crippen LogP contribution in [0.5, 0.6) is 0 Å². The molecule has 110 valence electrons. The van der Waals surface area contributed by atoms with Crippen LogP contribution in [0, 0.1) is 0 Å². The fourth-order valence-electron chi connectivity index (χ4n) is 2.89. The van der Waals surface area contributed by atoms with Crippen molar-refractivity contribution in [3.05, 3.63) is 21.3 Å². The van der Waals surface area contributed by atoms with Gasteiger partial charge in [-0.3, -0.25) is 4.79 Å². The van der Waals surface area contributed by atoms with Gasteiger partial charge in [-0.2, -0.15) is 0 Å². The lowest BCUT2D eigenvalue weighted by atomic mass is 9.94. The number of amides is 1. The molecule has 20 heavy (non-hydrogen) atoms. The van der Waals surface area contributed by atoms with Crippen LogP contribution >= 0.6 is 22.9 Å². The van der Waals surface area contributed by atoms with Crippen molar-refractivity contribution in [3.8, 4) is 0 Å². The first-order valence-electron chi connectivity index (χ1n) is 6.87. The Hall–Kier alpha value is -0.620. The van der Waals surface area contributed by atoms with Gasteiger partial charge in [-0.15, -0.1) is 11.3 Å². The second-order valence-corrected chi connectivity index (χ2v) is 7.17. The van der Waals surface area contributed by atoms with Crippen molar-refractivity contribution in [3.63, 3.8) is 0 Å². The van der Waals surface area contributed by atoms with E-state index in [-0.39, 0.29) is 17.6 Å². The van der Waals surface area contributed by atoms with Crippen molar-refractivity contribution in [2.45, 2.75) is 31.5 Å². The topological polar surface area (TPSA) is 38.8 Å². The number of hydrogen-bond acceptors (Lipinski definition) is 4. The maximum absolute atomic E-state index is 12.4. The molecule has 2 aliphatic heterocycles. The molecule has 6 heteroatoms. The minimum Gasteiger partial charge on any atom is -0.375 e. The summed E-state index contributed by atoms with van der Waals surface area (Å²) in [6.45, 7) is 4.62. The van der Waals surface area contributed by atoms with Crippen LogP contribution in [0.2, 0.25) is 4.34 Å². The highest BCUT2D eigenvalue weighted by Gasteiger charge is 2.46. The van der Waals surface area contributed by atoms with Gasteiger partial charge in [0.25, 0.3) is 0 Å². The molecule has 2 fully saturated rings. The Labute approximate surface area is 127 Å². The van der Waals surface area contributed by atoms with Gasteiger partial charge in [0.1, 0.15) is 5.60 Å². The smallest absolute Gasteiger partial charge is 0.228 e. The summed E-state index contributed by atoms with van der Waals surface area (Å²) in [5, 5.41) is 0. The van der Waals surface area contributed by atoms with Gasteiger partial charge in [0.15, 0.2) is 0 Å². The zero-order valence-corrected chi connectivity index (χ0v) is 13.0. The van der Waals surface area contributed by atoms with Crippen LogP contribution in [0.1, 0.15) is 18.2 Å². The second-order valence-electron chi connectivity index (χ2n) is 5.37. The number of hydrogen-bond donors (Lipinski definition) is 0. The summed E-state index contributed by atoms with van der Waals surface area (Å²) in [6, 6.07) is 3.75. The Bertz CT molecular complexity index is 506. The van der Waals surface area contributed by atoms with Crippen molar-refractivity contribution < 1.29 is 14.3 Å². The molecular weight excluding hydrogens is 298 g/mol. The molecule has 0 bridgehead atoms. The molecule has 0 N–H and O–H groups in total. The molecule has 0 aliphatic carbocycles. The van der Waals surface area contributed by atoms with E-state index in [1.54, 1.807) is 0 Å². The van der Waals surface area contributed by atoms with E-state index in [0.29, 0.717) is 32.7 Å². The van der Waals surface area contributed by atoms with Gasteiger partial charge in [-0.05, 0) is 19.1 Å². The number of nitrogens with zero attached hydrogens (tertiary/aromatic N) is 1. The lowest BCUT2D eigenvalue weighted by Crippen LogP contribution is -2.57. The standard InChI is InChI=1S/C14H18ClNO3S/c1-10-14(4-6-18-10)9-16(5-7-19-14)13(17)8-11-2-3-12(15)20-11/h2-3,10H,4-9H2,1H3/t10-,14-/m0/s1. The van der Waals surface area contributed by atoms with Crippen molar-refractivity contribution in [1.29, 1.82) is 0 Å². The van der Waals surface area contributed by atoms with Gasteiger partial charge in [0.2, 0.25) is 5.91 Å². The summed E-state index contributed by atoms with van der Waals surface area (Å²) in [5.74, 6) is 0.144. The number of rotatable bonds is 2. The Balaban J connectivity index is 1.66. The molecule has 4 nitrogen and oxygen atoms in total. The fraction of sp³-hybridized carbons (Fsp3) is 0.643. The van der Waals surface area contributed by atoms with E-state index in [4.69, 9.17) is 21.1 Å². The van der Waals surface area contributed by atoms with E-state index in [1.165, 1.54) is 11.3 Å². The number of carbonyl (C=O) groups is 1. The van der Waals surface area contributed by atoms with Gasteiger partial charge in [0, 0.05) is 24.4 Å². The molecule has 1 amide bonds. The average molecular weight is 316 g/mol. The van der Waals surface area contributed by atoms with Crippen molar-refractivity contribution >= 4 is 28.8 Å². The van der Waals surface area contributed by atoms with Crippen LogP contribution < -0.4 is 0 Å². The number of ether oxygens (including phenoxy) is 2. The van der Waals surface area contributed by atoms with E-state index >= 15 is 0 Å². The van der Waals surface area contributed by atoms with Crippen LogP contribution in [-0.2, 0) is 20.7 Å². The first kappa shape index (κ1) is 14.3. The second kappa shape index (κ2) is 5.64. The number of halogens is 1. The minimum atomic E-state index is -0.305. The van der Waals surface area contributed by atoms with Crippen LogP contribution in [0.25, 0.3) is 0 Å². The predicted molar refractivity (Wildman–Crippen MR) is 78.3 cm³/mol. The Morgan fingerprint density at radius 2 is 2.40 bits per heavy atom. The summed E-state index contributed by atoms with van der Waals surface area (Å²) in [5.41, 5.74) is -0.305. The number of thiophene rings is 1. The maximum Gasteiger partial charge on any atom is 0.228 e. The summed E-state index contributed by atoms with van der Waals surface area (Å²) >= 11 is 7.37. The summed E-state index contributed by atoms with van der Waals surface area (Å²) in [7, 11) is 0. The predicted octanol–water partition coefficient (Wildman–Crippen LogP) is 2.35. The molecule has 0 unspecified atom stereocenters. The van der Waals surface area contributed by atoms with E-state index < -0.39 is 0 Å². The molecule has 2 aliphatic rings. The highest BCUT2D eigenvalue weighted by atomic mass is 35.5. The van der Waals surface area contributed by atoms with Crippen LogP contribution in [0.4, 0.5) is 0 Å². The molecule has 3 rings (SSSR count). The molecule has 0 aromatic carbocycles. The number of morpholine rings is 1. The van der Waals surface area contributed by atoms with Crippen molar-refractivity contribution in [1.82, 2.24) is 4.90 Å². The molecule has 0 saturated carbocycles. The zero-order valence-electron chi connectivity index (χ0n) is 11.4. The molecule has 3 heterocycles. The third-order valence-electron chi connectivity index (χ3n) is 4.15. The molecule has 2 atom stereocenters. The first-order valence-corrected chi connectivity index (χ1v) is 8.06. The molecule has 1 aromatic rings. The van der Waals surface area contributed by atoms with Crippen molar-refractivity contribution in [2.75, 3.05) is 26.3 Å². The maximum atomic E-state index is 12.4. The Morgan fingerprint density at radius 3 is 3.05 bits per heavy atom. The highest BCUT2D eigenvalue weighted by Crippen LogP contribution is 2.33. The largest absolute Gasteiger partial charge is 0.375 e. The molecule has 2 saturated heterocycles. The quantitative estimate of drug-likeness (QED) is 0.841.